The average molecular weight is 335 g/mol. The van der Waals surface area contributed by atoms with Gasteiger partial charge in [-0.2, -0.15) is 0 Å². The highest BCUT2D eigenvalue weighted by molar-refractivity contribution is 9.10. The molecule has 1 rings (SSSR count). The zero-order valence-electron chi connectivity index (χ0n) is 10.8. The summed E-state index contributed by atoms with van der Waals surface area (Å²) >= 11 is 9.33. The molecular weight excluding hydrogens is 318 g/mol. The molecule has 2 N–H and O–H groups in total. The molecule has 18 heavy (non-hydrogen) atoms. The second-order valence-electron chi connectivity index (χ2n) is 5.24. The van der Waals surface area contributed by atoms with E-state index in [0.717, 1.165) is 0 Å². The van der Waals surface area contributed by atoms with Crippen LogP contribution in [-0.4, -0.2) is 22.2 Å². The van der Waals surface area contributed by atoms with E-state index in [1.165, 1.54) is 0 Å². The topological polar surface area (TPSA) is 49.3 Å². The normalized spacial score (nSPS) is 12.4. The summed E-state index contributed by atoms with van der Waals surface area (Å²) in [4.78, 5) is 12.2. The second kappa shape index (κ2) is 5.19. The number of rotatable bonds is 3. The van der Waals surface area contributed by atoms with Gasteiger partial charge in [0, 0.05) is 4.47 Å². The first-order chi connectivity index (χ1) is 8.06. The summed E-state index contributed by atoms with van der Waals surface area (Å²) in [6, 6.07) is 5.14. The molecular formula is C13H17BrClNO2. The Kier molecular flexibility index (Phi) is 4.47. The zero-order chi connectivity index (χ0) is 14.1. The first-order valence-corrected chi connectivity index (χ1v) is 6.72. The Morgan fingerprint density at radius 1 is 1.33 bits per heavy atom. The lowest BCUT2D eigenvalue weighted by Crippen LogP contribution is -2.57. The van der Waals surface area contributed by atoms with Crippen molar-refractivity contribution in [2.45, 2.75) is 38.8 Å². The number of amides is 1. The number of aliphatic hydroxyl groups is 1. The molecule has 0 radical (unpaired) electrons. The minimum atomic E-state index is -1.04. The van der Waals surface area contributed by atoms with Crippen molar-refractivity contribution < 1.29 is 9.90 Å². The molecule has 3 nitrogen and oxygen atoms in total. The predicted molar refractivity (Wildman–Crippen MR) is 77.0 cm³/mol. The highest BCUT2D eigenvalue weighted by atomic mass is 79.9. The molecule has 100 valence electrons. The van der Waals surface area contributed by atoms with E-state index in [-0.39, 0.29) is 5.91 Å². The summed E-state index contributed by atoms with van der Waals surface area (Å²) in [5, 5.41) is 13.2. The highest BCUT2D eigenvalue weighted by Crippen LogP contribution is 2.27. The summed E-state index contributed by atoms with van der Waals surface area (Å²) in [5.74, 6) is -0.312. The van der Waals surface area contributed by atoms with Gasteiger partial charge in [-0.25, -0.2) is 0 Å². The van der Waals surface area contributed by atoms with Crippen LogP contribution < -0.4 is 5.32 Å². The monoisotopic (exact) mass is 333 g/mol. The van der Waals surface area contributed by atoms with Gasteiger partial charge in [-0.05, 0) is 55.8 Å². The number of hydrogen-bond donors (Lipinski definition) is 2. The summed E-state index contributed by atoms with van der Waals surface area (Å²) in [5.41, 5.74) is -1.43. The summed E-state index contributed by atoms with van der Waals surface area (Å²) in [6.07, 6.45) is 0. The number of nitrogens with one attached hydrogen (secondary N) is 1. The third kappa shape index (κ3) is 3.25. The smallest absolute Gasteiger partial charge is 0.253 e. The van der Waals surface area contributed by atoms with E-state index in [9.17, 15) is 9.90 Å². The van der Waals surface area contributed by atoms with Crippen LogP contribution in [0.1, 0.15) is 38.1 Å². The molecule has 1 aromatic rings. The Morgan fingerprint density at radius 3 is 2.39 bits per heavy atom. The SMILES string of the molecule is CC(C)(O)C(C)(C)NC(=O)c1cccc(Br)c1Cl. The van der Waals surface area contributed by atoms with E-state index in [1.807, 2.05) is 0 Å². The fraction of sp³-hybridized carbons (Fsp3) is 0.462. The van der Waals surface area contributed by atoms with Crippen molar-refractivity contribution in [3.05, 3.63) is 33.3 Å². The second-order valence-corrected chi connectivity index (χ2v) is 6.47. The minimum Gasteiger partial charge on any atom is -0.388 e. The van der Waals surface area contributed by atoms with Gasteiger partial charge in [-0.1, -0.05) is 17.7 Å². The molecule has 0 aliphatic rings. The van der Waals surface area contributed by atoms with Crippen LogP contribution in [0.4, 0.5) is 0 Å². The first kappa shape index (κ1) is 15.5. The number of carbonyl (C=O) groups is 1. The summed E-state index contributed by atoms with van der Waals surface area (Å²) < 4.78 is 0.665. The molecule has 0 aromatic heterocycles. The first-order valence-electron chi connectivity index (χ1n) is 5.55. The van der Waals surface area contributed by atoms with Crippen LogP contribution in [0.5, 0.6) is 0 Å². The van der Waals surface area contributed by atoms with E-state index in [4.69, 9.17) is 11.6 Å². The lowest BCUT2D eigenvalue weighted by atomic mass is 9.86. The van der Waals surface area contributed by atoms with Crippen LogP contribution in [0, 0.1) is 0 Å². The Labute approximate surface area is 121 Å². The van der Waals surface area contributed by atoms with Gasteiger partial charge in [0.15, 0.2) is 0 Å². The maximum Gasteiger partial charge on any atom is 0.253 e. The average Bonchev–Trinajstić information content (AvgIpc) is 2.19. The number of benzene rings is 1. The van der Waals surface area contributed by atoms with Crippen molar-refractivity contribution in [2.24, 2.45) is 0 Å². The maximum absolute atomic E-state index is 12.2. The molecule has 0 atom stereocenters. The van der Waals surface area contributed by atoms with Crippen LogP contribution in [0.25, 0.3) is 0 Å². The summed E-state index contributed by atoms with van der Waals surface area (Å²) in [7, 11) is 0. The Hall–Kier alpha value is -0.580. The molecule has 0 saturated carbocycles. The Bertz CT molecular complexity index is 467. The van der Waals surface area contributed by atoms with Crippen LogP contribution in [0.2, 0.25) is 5.02 Å². The van der Waals surface area contributed by atoms with Crippen molar-refractivity contribution in [3.8, 4) is 0 Å². The third-order valence-electron chi connectivity index (χ3n) is 3.15. The quantitative estimate of drug-likeness (QED) is 0.890. The van der Waals surface area contributed by atoms with Gasteiger partial charge in [0.1, 0.15) is 0 Å². The maximum atomic E-state index is 12.2. The molecule has 0 aliphatic carbocycles. The largest absolute Gasteiger partial charge is 0.388 e. The number of halogens is 2. The molecule has 0 aliphatic heterocycles. The van der Waals surface area contributed by atoms with Crippen molar-refractivity contribution in [1.82, 2.24) is 5.32 Å². The third-order valence-corrected chi connectivity index (χ3v) is 4.45. The molecule has 0 unspecified atom stereocenters. The molecule has 0 saturated heterocycles. The van der Waals surface area contributed by atoms with Crippen LogP contribution >= 0.6 is 27.5 Å². The van der Waals surface area contributed by atoms with Crippen molar-refractivity contribution >= 4 is 33.4 Å². The van der Waals surface area contributed by atoms with E-state index in [1.54, 1.807) is 45.9 Å². The molecule has 0 fully saturated rings. The van der Waals surface area contributed by atoms with Gasteiger partial charge < -0.3 is 10.4 Å². The van der Waals surface area contributed by atoms with Crippen molar-refractivity contribution in [3.63, 3.8) is 0 Å². The van der Waals surface area contributed by atoms with E-state index < -0.39 is 11.1 Å². The van der Waals surface area contributed by atoms with Crippen molar-refractivity contribution in [2.75, 3.05) is 0 Å². The van der Waals surface area contributed by atoms with E-state index in [2.05, 4.69) is 21.2 Å². The van der Waals surface area contributed by atoms with Crippen LogP contribution in [0.3, 0.4) is 0 Å². The zero-order valence-corrected chi connectivity index (χ0v) is 13.2. The summed E-state index contributed by atoms with van der Waals surface area (Å²) in [6.45, 7) is 6.82. The van der Waals surface area contributed by atoms with E-state index >= 15 is 0 Å². The molecule has 1 aromatic carbocycles. The predicted octanol–water partition coefficient (Wildman–Crippen LogP) is 3.38. The molecule has 0 heterocycles. The van der Waals surface area contributed by atoms with Crippen LogP contribution in [0.15, 0.2) is 22.7 Å². The van der Waals surface area contributed by atoms with Gasteiger partial charge in [0.2, 0.25) is 0 Å². The number of hydrogen-bond acceptors (Lipinski definition) is 2. The standard InChI is InChI=1S/C13H17BrClNO2/c1-12(2,13(3,4)18)16-11(17)8-6-5-7-9(14)10(8)15/h5-7,18H,1-4H3,(H,16,17). The lowest BCUT2D eigenvalue weighted by molar-refractivity contribution is -0.00292. The highest BCUT2D eigenvalue weighted by Gasteiger charge is 2.36. The lowest BCUT2D eigenvalue weighted by Gasteiger charge is -2.38. The molecule has 0 spiro atoms. The van der Waals surface area contributed by atoms with Gasteiger partial charge in [-0.15, -0.1) is 0 Å². The van der Waals surface area contributed by atoms with Gasteiger partial charge in [0.25, 0.3) is 5.91 Å². The molecule has 0 bridgehead atoms. The van der Waals surface area contributed by atoms with E-state index in [0.29, 0.717) is 15.1 Å². The van der Waals surface area contributed by atoms with Gasteiger partial charge in [0.05, 0.1) is 21.7 Å². The minimum absolute atomic E-state index is 0.312. The Morgan fingerprint density at radius 2 is 1.89 bits per heavy atom. The fourth-order valence-corrected chi connectivity index (χ4v) is 1.76. The number of carbonyl (C=O) groups excluding carboxylic acids is 1. The van der Waals surface area contributed by atoms with Gasteiger partial charge in [-0.3, -0.25) is 4.79 Å². The van der Waals surface area contributed by atoms with Crippen LogP contribution in [-0.2, 0) is 0 Å². The Balaban J connectivity index is 3.00. The molecule has 5 heteroatoms. The van der Waals surface area contributed by atoms with Gasteiger partial charge >= 0.3 is 0 Å². The van der Waals surface area contributed by atoms with Crippen molar-refractivity contribution in [1.29, 1.82) is 0 Å². The molecule has 1 amide bonds. The fourth-order valence-electron chi connectivity index (χ4n) is 1.18.